The van der Waals surface area contributed by atoms with Crippen LogP contribution in [0.3, 0.4) is 0 Å². The molecule has 0 radical (unpaired) electrons. The molecule has 0 rings (SSSR count). The number of alkyl halides is 18. The Morgan fingerprint density at radius 1 is 0.321 bits per heavy atom. The third kappa shape index (κ3) is 3.22. The van der Waals surface area contributed by atoms with Crippen molar-refractivity contribution in [3.63, 3.8) is 0 Å². The largest absolute Gasteiger partial charge is 0.419 e. The lowest BCUT2D eigenvalue weighted by atomic mass is 9.66. The van der Waals surface area contributed by atoms with Crippen LogP contribution in [0.4, 0.5) is 79.0 Å². The van der Waals surface area contributed by atoms with Gasteiger partial charge in [-0.1, -0.05) is 0 Å². The number of Topliss-reactive ketones (excluding diaryl/α,β-unsaturated/α-hetero) is 1. The highest BCUT2D eigenvalue weighted by Gasteiger charge is 2.98. The lowest BCUT2D eigenvalue weighted by Gasteiger charge is -2.45. The van der Waals surface area contributed by atoms with Gasteiger partial charge in [-0.2, -0.15) is 79.0 Å². The van der Waals surface area contributed by atoms with E-state index >= 15 is 0 Å². The van der Waals surface area contributed by atoms with Gasteiger partial charge >= 0.3 is 47.9 Å². The molecule has 0 atom stereocenters. The minimum atomic E-state index is -8.67. The van der Waals surface area contributed by atoms with Crippen molar-refractivity contribution in [1.82, 2.24) is 0 Å². The van der Waals surface area contributed by atoms with E-state index in [2.05, 4.69) is 0 Å². The van der Waals surface area contributed by atoms with Gasteiger partial charge in [0.05, 0.1) is 0 Å². The second kappa shape index (κ2) is 6.20. The fourth-order valence-electron chi connectivity index (χ4n) is 2.02. The van der Waals surface area contributed by atoms with E-state index in [0.717, 1.165) is 0 Å². The Morgan fingerprint density at radius 2 is 0.429 bits per heavy atom. The fourth-order valence-corrected chi connectivity index (χ4v) is 2.02. The van der Waals surface area contributed by atoms with Crippen LogP contribution in [0.25, 0.3) is 0 Å². The number of hydrogen-bond acceptors (Lipinski definition) is 1. The summed E-state index contributed by atoms with van der Waals surface area (Å²) < 4.78 is 226. The van der Waals surface area contributed by atoms with Gasteiger partial charge in [-0.25, -0.2) is 0 Å². The fraction of sp³-hybridized carbons (Fsp3) is 0.889. The number of rotatable bonds is 2. The summed E-state index contributed by atoms with van der Waals surface area (Å²) in [5, 5.41) is 0. The second-order valence-electron chi connectivity index (χ2n) is 4.82. The van der Waals surface area contributed by atoms with E-state index < -0.39 is 53.7 Å². The Balaban J connectivity index is 7.90. The zero-order valence-corrected chi connectivity index (χ0v) is 11.7. The van der Waals surface area contributed by atoms with Crippen LogP contribution in [-0.2, 0) is 4.79 Å². The molecule has 0 bridgehead atoms. The van der Waals surface area contributed by atoms with Gasteiger partial charge in [-0.15, -0.1) is 0 Å². The molecule has 0 saturated heterocycles. The maximum atomic E-state index is 12.5. The van der Waals surface area contributed by atoms with Crippen molar-refractivity contribution >= 4 is 5.78 Å². The predicted octanol–water partition coefficient (Wildman–Crippen LogP) is 5.90. The normalized spacial score (nSPS) is 16.4. The minimum absolute atomic E-state index is 6.31. The van der Waals surface area contributed by atoms with Crippen molar-refractivity contribution < 1.29 is 83.8 Å². The molecule has 1 nitrogen and oxygen atoms in total. The highest BCUT2D eigenvalue weighted by Crippen LogP contribution is 2.69. The number of carbonyl (C=O) groups excluding carboxylic acids is 1. The first-order valence-corrected chi connectivity index (χ1v) is 5.61. The van der Waals surface area contributed by atoms with Crippen molar-refractivity contribution in [2.45, 2.75) is 37.1 Å². The van der Waals surface area contributed by atoms with Gasteiger partial charge in [0.25, 0.3) is 0 Å². The molecule has 0 aromatic rings. The van der Waals surface area contributed by atoms with Crippen LogP contribution < -0.4 is 0 Å². The summed E-state index contributed by atoms with van der Waals surface area (Å²) in [6.45, 7) is 0. The quantitative estimate of drug-likeness (QED) is 0.464. The summed E-state index contributed by atoms with van der Waals surface area (Å²) in [5.74, 6) is -6.31. The van der Waals surface area contributed by atoms with Gasteiger partial charge in [0, 0.05) is 0 Å². The molecule has 0 aliphatic rings. The van der Waals surface area contributed by atoms with Crippen LogP contribution >= 0.6 is 0 Å². The van der Waals surface area contributed by atoms with Gasteiger partial charge in [0.2, 0.25) is 5.78 Å². The molecule has 0 aliphatic heterocycles. The number of hydrogen-bond donors (Lipinski definition) is 0. The monoisotopic (exact) mass is 466 g/mol. The van der Waals surface area contributed by atoms with E-state index in [1.165, 1.54) is 0 Å². The average molecular weight is 466 g/mol. The predicted molar refractivity (Wildman–Crippen MR) is 46.2 cm³/mol. The highest BCUT2D eigenvalue weighted by atomic mass is 19.4. The summed E-state index contributed by atoms with van der Waals surface area (Å²) in [5.41, 5.74) is -17.3. The van der Waals surface area contributed by atoms with Crippen molar-refractivity contribution in [2.24, 2.45) is 10.8 Å². The smallest absolute Gasteiger partial charge is 0.296 e. The van der Waals surface area contributed by atoms with E-state index in [0.29, 0.717) is 0 Å². The molecule has 0 fully saturated rings. The molecular weight excluding hydrogens is 466 g/mol. The summed E-state index contributed by atoms with van der Waals surface area (Å²) in [6.07, 6.45) is -50.6. The SMILES string of the molecule is O=C(C(C(F)(F)F)(C(F)(F)F)C(F)(F)F)C(C(F)(F)F)(C(F)(F)F)C(F)(F)F. The Kier molecular flexibility index (Phi) is 5.85. The van der Waals surface area contributed by atoms with Crippen molar-refractivity contribution in [1.29, 1.82) is 0 Å². The molecule has 0 heterocycles. The van der Waals surface area contributed by atoms with E-state index in [4.69, 9.17) is 0 Å². The molecule has 0 amide bonds. The third-order valence-corrected chi connectivity index (χ3v) is 3.23. The first kappa shape index (κ1) is 26.4. The van der Waals surface area contributed by atoms with Crippen LogP contribution in [0, 0.1) is 10.8 Å². The Bertz CT molecular complexity index is 463. The topological polar surface area (TPSA) is 17.1 Å². The first-order chi connectivity index (χ1) is 11.7. The van der Waals surface area contributed by atoms with Crippen LogP contribution in [0.1, 0.15) is 0 Å². The molecule has 28 heavy (non-hydrogen) atoms. The summed E-state index contributed by atoms with van der Waals surface area (Å²) in [7, 11) is 0. The number of halogens is 18. The molecule has 0 aromatic carbocycles. The maximum absolute atomic E-state index is 12.5. The standard InChI is InChI=1S/C9F18O/c10-4(11,12)2(5(13,14)15,6(16,17)18)1(28)3(7(19,20)21,8(22,23)24)9(25,26)27. The summed E-state index contributed by atoms with van der Waals surface area (Å²) >= 11 is 0. The van der Waals surface area contributed by atoms with Crippen LogP contribution in [0.5, 0.6) is 0 Å². The molecule has 0 aromatic heterocycles. The van der Waals surface area contributed by atoms with Crippen LogP contribution in [-0.4, -0.2) is 42.8 Å². The minimum Gasteiger partial charge on any atom is -0.296 e. The lowest BCUT2D eigenvalue weighted by molar-refractivity contribution is -0.439. The van der Waals surface area contributed by atoms with Gasteiger partial charge < -0.3 is 0 Å². The van der Waals surface area contributed by atoms with E-state index in [1.807, 2.05) is 0 Å². The van der Waals surface area contributed by atoms with Gasteiger partial charge in [0.15, 0.2) is 0 Å². The molecule has 0 spiro atoms. The zero-order valence-electron chi connectivity index (χ0n) is 11.7. The summed E-state index contributed by atoms with van der Waals surface area (Å²) in [4.78, 5) is 11.0. The Labute approximate surface area is 139 Å². The third-order valence-electron chi connectivity index (χ3n) is 3.23. The molecule has 0 aliphatic carbocycles. The molecule has 0 unspecified atom stereocenters. The van der Waals surface area contributed by atoms with Gasteiger partial charge in [-0.05, 0) is 0 Å². The molecule has 168 valence electrons. The first-order valence-electron chi connectivity index (χ1n) is 5.61. The number of carbonyl (C=O) groups is 1. The van der Waals surface area contributed by atoms with Crippen LogP contribution in [0.15, 0.2) is 0 Å². The zero-order chi connectivity index (χ0) is 23.6. The Hall–Kier alpha value is -1.59. The second-order valence-corrected chi connectivity index (χ2v) is 4.82. The van der Waals surface area contributed by atoms with E-state index in [9.17, 15) is 83.8 Å². The van der Waals surface area contributed by atoms with E-state index in [-0.39, 0.29) is 0 Å². The van der Waals surface area contributed by atoms with Crippen molar-refractivity contribution in [3.05, 3.63) is 0 Å². The maximum Gasteiger partial charge on any atom is 0.419 e. The molecule has 19 heteroatoms. The summed E-state index contributed by atoms with van der Waals surface area (Å²) in [6, 6.07) is 0. The lowest BCUT2D eigenvalue weighted by Crippen LogP contribution is -2.75. The average Bonchev–Trinajstić information content (AvgIpc) is 2.14. The highest BCUT2D eigenvalue weighted by molar-refractivity contribution is 5.95. The van der Waals surface area contributed by atoms with Gasteiger partial charge in [0.1, 0.15) is 0 Å². The van der Waals surface area contributed by atoms with Crippen molar-refractivity contribution in [3.8, 4) is 0 Å². The molecule has 0 N–H and O–H groups in total. The van der Waals surface area contributed by atoms with Crippen LogP contribution in [0.2, 0.25) is 0 Å². The van der Waals surface area contributed by atoms with Crippen molar-refractivity contribution in [2.75, 3.05) is 0 Å². The van der Waals surface area contributed by atoms with E-state index in [1.54, 1.807) is 0 Å². The number of ketones is 1. The molecular formula is C9F18O. The Morgan fingerprint density at radius 3 is 0.500 bits per heavy atom. The van der Waals surface area contributed by atoms with Gasteiger partial charge in [-0.3, -0.25) is 4.79 Å². The molecule has 0 saturated carbocycles.